The summed E-state index contributed by atoms with van der Waals surface area (Å²) in [6.45, 7) is 2.56. The summed E-state index contributed by atoms with van der Waals surface area (Å²) < 4.78 is 1.02. The van der Waals surface area contributed by atoms with Gasteiger partial charge in [0.1, 0.15) is 0 Å². The van der Waals surface area contributed by atoms with E-state index in [9.17, 15) is 4.79 Å². The Morgan fingerprint density at radius 3 is 2.58 bits per heavy atom. The number of hydrogen-bond donors (Lipinski definition) is 1. The molecule has 1 amide bonds. The van der Waals surface area contributed by atoms with Crippen LogP contribution in [0.15, 0.2) is 70.9 Å². The summed E-state index contributed by atoms with van der Waals surface area (Å²) in [6, 6.07) is 14.1. The van der Waals surface area contributed by atoms with Crippen LogP contribution >= 0.6 is 15.9 Å². The van der Waals surface area contributed by atoms with Crippen molar-refractivity contribution in [3.05, 3.63) is 93.1 Å². The van der Waals surface area contributed by atoms with Crippen molar-refractivity contribution in [2.75, 3.05) is 13.1 Å². The van der Waals surface area contributed by atoms with Crippen LogP contribution in [0.2, 0.25) is 0 Å². The van der Waals surface area contributed by atoms with Gasteiger partial charge in [-0.15, -0.1) is 0 Å². The molecule has 2 aromatic rings. The third-order valence-corrected chi connectivity index (χ3v) is 5.84. The molecular formula is C22H21BrN2O. The molecule has 0 saturated heterocycles. The monoisotopic (exact) mass is 408 g/mol. The molecule has 1 aliphatic carbocycles. The van der Waals surface area contributed by atoms with E-state index in [4.69, 9.17) is 0 Å². The maximum Gasteiger partial charge on any atom is 0.251 e. The highest BCUT2D eigenvalue weighted by molar-refractivity contribution is 9.10. The van der Waals surface area contributed by atoms with Gasteiger partial charge in [0, 0.05) is 35.4 Å². The normalized spacial score (nSPS) is 15.6. The molecule has 0 atom stereocenters. The molecular weight excluding hydrogens is 388 g/mol. The maximum absolute atomic E-state index is 12.6. The third-order valence-electron chi connectivity index (χ3n) is 5.07. The SMILES string of the molecule is O=C(NCc1ccccc1Br)c1ccc2c(c1)CCN(C1=CC=C1)CC2. The third kappa shape index (κ3) is 3.61. The second-order valence-corrected chi connectivity index (χ2v) is 7.55. The first-order valence-electron chi connectivity index (χ1n) is 8.97. The Balaban J connectivity index is 1.43. The second kappa shape index (κ2) is 7.50. The predicted molar refractivity (Wildman–Crippen MR) is 108 cm³/mol. The summed E-state index contributed by atoms with van der Waals surface area (Å²) in [5.74, 6) is -0.0192. The molecule has 3 nitrogen and oxygen atoms in total. The highest BCUT2D eigenvalue weighted by Gasteiger charge is 2.17. The summed E-state index contributed by atoms with van der Waals surface area (Å²) in [6.07, 6.45) is 8.42. The molecule has 0 saturated carbocycles. The number of benzene rings is 2. The summed E-state index contributed by atoms with van der Waals surface area (Å²) in [5, 5.41) is 3.03. The molecule has 132 valence electrons. The smallest absolute Gasteiger partial charge is 0.251 e. The molecule has 0 unspecified atom stereocenters. The highest BCUT2D eigenvalue weighted by atomic mass is 79.9. The summed E-state index contributed by atoms with van der Waals surface area (Å²) >= 11 is 3.52. The molecule has 1 heterocycles. The Morgan fingerprint density at radius 2 is 1.85 bits per heavy atom. The number of nitrogens with zero attached hydrogens (tertiary/aromatic N) is 1. The van der Waals surface area contributed by atoms with Crippen molar-refractivity contribution in [1.29, 1.82) is 0 Å². The predicted octanol–water partition coefficient (Wildman–Crippen LogP) is 4.23. The minimum absolute atomic E-state index is 0.0192. The van der Waals surface area contributed by atoms with E-state index >= 15 is 0 Å². The van der Waals surface area contributed by atoms with Crippen LogP contribution < -0.4 is 5.32 Å². The van der Waals surface area contributed by atoms with Crippen molar-refractivity contribution in [2.24, 2.45) is 0 Å². The molecule has 0 radical (unpaired) electrons. The minimum atomic E-state index is -0.0192. The Bertz CT molecular complexity index is 901. The van der Waals surface area contributed by atoms with Crippen LogP contribution in [-0.4, -0.2) is 23.9 Å². The van der Waals surface area contributed by atoms with Crippen molar-refractivity contribution < 1.29 is 4.79 Å². The van der Waals surface area contributed by atoms with Crippen LogP contribution in [0.25, 0.3) is 0 Å². The zero-order valence-electron chi connectivity index (χ0n) is 14.5. The second-order valence-electron chi connectivity index (χ2n) is 6.70. The topological polar surface area (TPSA) is 32.3 Å². The number of hydrogen-bond acceptors (Lipinski definition) is 2. The van der Waals surface area contributed by atoms with E-state index in [0.29, 0.717) is 6.54 Å². The van der Waals surface area contributed by atoms with Gasteiger partial charge in [-0.25, -0.2) is 0 Å². The number of carbonyl (C=O) groups is 1. The van der Waals surface area contributed by atoms with Gasteiger partial charge in [0.2, 0.25) is 0 Å². The minimum Gasteiger partial charge on any atom is -0.371 e. The Hall–Kier alpha value is -2.33. The lowest BCUT2D eigenvalue weighted by Crippen LogP contribution is -2.26. The van der Waals surface area contributed by atoms with Crippen molar-refractivity contribution in [2.45, 2.75) is 19.4 Å². The lowest BCUT2D eigenvalue weighted by molar-refractivity contribution is 0.0950. The number of carbonyl (C=O) groups excluding carboxylic acids is 1. The number of rotatable bonds is 4. The lowest BCUT2D eigenvalue weighted by Gasteiger charge is -2.26. The Labute approximate surface area is 162 Å². The van der Waals surface area contributed by atoms with Crippen molar-refractivity contribution in [1.82, 2.24) is 10.2 Å². The Kier molecular flexibility index (Phi) is 4.93. The van der Waals surface area contributed by atoms with Gasteiger partial charge in [0.25, 0.3) is 5.91 Å². The lowest BCUT2D eigenvalue weighted by atomic mass is 10.00. The van der Waals surface area contributed by atoms with Gasteiger partial charge in [0.15, 0.2) is 0 Å². The van der Waals surface area contributed by atoms with Gasteiger partial charge in [-0.2, -0.15) is 0 Å². The van der Waals surface area contributed by atoms with Crippen LogP contribution in [0.5, 0.6) is 0 Å². The van der Waals surface area contributed by atoms with Gasteiger partial charge >= 0.3 is 0 Å². The van der Waals surface area contributed by atoms with E-state index in [1.807, 2.05) is 30.3 Å². The van der Waals surface area contributed by atoms with E-state index in [0.717, 1.165) is 41.5 Å². The van der Waals surface area contributed by atoms with Crippen LogP contribution in [0.1, 0.15) is 27.0 Å². The largest absolute Gasteiger partial charge is 0.371 e. The van der Waals surface area contributed by atoms with Gasteiger partial charge in [-0.05, 0) is 59.9 Å². The van der Waals surface area contributed by atoms with Crippen LogP contribution in [0.3, 0.4) is 0 Å². The van der Waals surface area contributed by atoms with Gasteiger partial charge in [-0.3, -0.25) is 4.79 Å². The average molecular weight is 409 g/mol. The maximum atomic E-state index is 12.6. The van der Waals surface area contributed by atoms with E-state index in [2.05, 4.69) is 56.5 Å². The molecule has 1 N–H and O–H groups in total. The van der Waals surface area contributed by atoms with Gasteiger partial charge in [0.05, 0.1) is 0 Å². The fourth-order valence-corrected chi connectivity index (χ4v) is 3.86. The number of nitrogens with one attached hydrogen (secondary N) is 1. The molecule has 2 aromatic carbocycles. The molecule has 0 fully saturated rings. The first-order chi connectivity index (χ1) is 12.7. The zero-order chi connectivity index (χ0) is 17.9. The van der Waals surface area contributed by atoms with E-state index in [1.165, 1.54) is 16.8 Å². The number of halogens is 1. The fraction of sp³-hybridized carbons (Fsp3) is 0.227. The van der Waals surface area contributed by atoms with Gasteiger partial charge < -0.3 is 10.2 Å². The summed E-state index contributed by atoms with van der Waals surface area (Å²) in [7, 11) is 0. The molecule has 0 bridgehead atoms. The van der Waals surface area contributed by atoms with E-state index < -0.39 is 0 Å². The number of allylic oxidation sites excluding steroid dienone is 3. The fourth-order valence-electron chi connectivity index (χ4n) is 3.44. The first-order valence-corrected chi connectivity index (χ1v) is 9.77. The van der Waals surface area contributed by atoms with E-state index in [1.54, 1.807) is 0 Å². The quantitative estimate of drug-likeness (QED) is 0.820. The molecule has 26 heavy (non-hydrogen) atoms. The van der Waals surface area contributed by atoms with Crippen molar-refractivity contribution in [3.63, 3.8) is 0 Å². The van der Waals surface area contributed by atoms with E-state index in [-0.39, 0.29) is 5.91 Å². The molecule has 4 rings (SSSR count). The summed E-state index contributed by atoms with van der Waals surface area (Å²) in [5.41, 5.74) is 5.80. The molecule has 0 spiro atoms. The number of amides is 1. The molecule has 2 aliphatic rings. The van der Waals surface area contributed by atoms with Crippen LogP contribution in [0, 0.1) is 0 Å². The zero-order valence-corrected chi connectivity index (χ0v) is 16.1. The Morgan fingerprint density at radius 1 is 1.08 bits per heavy atom. The van der Waals surface area contributed by atoms with Crippen LogP contribution in [0.4, 0.5) is 0 Å². The molecule has 4 heteroatoms. The molecule has 1 aliphatic heterocycles. The average Bonchev–Trinajstić information content (AvgIpc) is 2.82. The first kappa shape index (κ1) is 17.1. The van der Waals surface area contributed by atoms with Crippen molar-refractivity contribution in [3.8, 4) is 0 Å². The number of fused-ring (bicyclic) bond motifs is 1. The standard InChI is InChI=1S/C22H21BrN2O/c23-21-7-2-1-4-19(21)15-24-22(26)18-9-8-16-10-12-25(20-5-3-6-20)13-11-17(16)14-18/h1-9,14H,10-13,15H2,(H,24,26). The van der Waals surface area contributed by atoms with Gasteiger partial charge in [-0.1, -0.05) is 46.3 Å². The van der Waals surface area contributed by atoms with Crippen molar-refractivity contribution >= 4 is 21.8 Å². The summed E-state index contributed by atoms with van der Waals surface area (Å²) in [4.78, 5) is 15.0. The molecule has 0 aromatic heterocycles. The van der Waals surface area contributed by atoms with Crippen LogP contribution in [-0.2, 0) is 19.4 Å². The highest BCUT2D eigenvalue weighted by Crippen LogP contribution is 2.22.